The zero-order valence-electron chi connectivity index (χ0n) is 11.1. The van der Waals surface area contributed by atoms with Crippen molar-refractivity contribution in [3.8, 4) is 0 Å². The van der Waals surface area contributed by atoms with Gasteiger partial charge in [-0.1, -0.05) is 13.0 Å². The number of nitrogens with one attached hydrogen (secondary N) is 1. The Labute approximate surface area is 112 Å². The fourth-order valence-corrected chi connectivity index (χ4v) is 2.47. The largest absolute Gasteiger partial charge is 0.478 e. The van der Waals surface area contributed by atoms with E-state index < -0.39 is 5.97 Å². The molecule has 1 aliphatic rings. The molecule has 2 rings (SSSR count). The quantitative estimate of drug-likeness (QED) is 0.864. The second-order valence-corrected chi connectivity index (χ2v) is 4.73. The molecular formula is C14H18N2O3. The average Bonchev–Trinajstić information content (AvgIpc) is 2.37. The highest BCUT2D eigenvalue weighted by atomic mass is 16.4. The summed E-state index contributed by atoms with van der Waals surface area (Å²) in [5.74, 6) is -0.998. The first kappa shape index (κ1) is 13.4. The summed E-state index contributed by atoms with van der Waals surface area (Å²) in [7, 11) is 0. The molecule has 0 aromatic heterocycles. The zero-order chi connectivity index (χ0) is 14.0. The lowest BCUT2D eigenvalue weighted by atomic mass is 10.0. The molecule has 1 aromatic carbocycles. The Bertz CT molecular complexity index is 513. The monoisotopic (exact) mass is 262 g/mol. The number of hydrogen-bond acceptors (Lipinski definition) is 3. The molecule has 0 aliphatic carbocycles. The fourth-order valence-electron chi connectivity index (χ4n) is 2.47. The van der Waals surface area contributed by atoms with E-state index in [0.717, 1.165) is 5.56 Å². The van der Waals surface area contributed by atoms with Crippen LogP contribution in [0.5, 0.6) is 0 Å². The van der Waals surface area contributed by atoms with E-state index in [-0.39, 0.29) is 17.5 Å². The highest BCUT2D eigenvalue weighted by molar-refractivity contribution is 5.96. The molecule has 19 heavy (non-hydrogen) atoms. The lowest BCUT2D eigenvalue weighted by Crippen LogP contribution is -2.55. The van der Waals surface area contributed by atoms with Gasteiger partial charge in [-0.05, 0) is 31.0 Å². The topological polar surface area (TPSA) is 69.6 Å². The molecule has 1 fully saturated rings. The van der Waals surface area contributed by atoms with Crippen molar-refractivity contribution in [3.05, 3.63) is 29.3 Å². The summed E-state index contributed by atoms with van der Waals surface area (Å²) in [5, 5.41) is 12.1. The number of piperazine rings is 1. The summed E-state index contributed by atoms with van der Waals surface area (Å²) < 4.78 is 0. The van der Waals surface area contributed by atoms with Gasteiger partial charge in [0.1, 0.15) is 6.04 Å². The maximum absolute atomic E-state index is 11.9. The van der Waals surface area contributed by atoms with Gasteiger partial charge in [0.25, 0.3) is 0 Å². The number of rotatable bonds is 3. The molecule has 0 radical (unpaired) electrons. The van der Waals surface area contributed by atoms with Gasteiger partial charge in [-0.3, -0.25) is 4.79 Å². The van der Waals surface area contributed by atoms with Gasteiger partial charge in [0.15, 0.2) is 0 Å². The van der Waals surface area contributed by atoms with Crippen LogP contribution in [0.2, 0.25) is 0 Å². The van der Waals surface area contributed by atoms with Crippen LogP contribution in [0.3, 0.4) is 0 Å². The number of amides is 1. The number of hydrogen-bond donors (Lipinski definition) is 2. The minimum atomic E-state index is -0.962. The molecule has 1 amide bonds. The van der Waals surface area contributed by atoms with Crippen molar-refractivity contribution in [1.82, 2.24) is 5.32 Å². The Balaban J connectivity index is 2.46. The number of carboxylic acids is 1. The number of aryl methyl sites for hydroxylation is 1. The minimum absolute atomic E-state index is 0.0356. The van der Waals surface area contributed by atoms with Gasteiger partial charge >= 0.3 is 5.97 Å². The number of carbonyl (C=O) groups is 2. The van der Waals surface area contributed by atoms with Gasteiger partial charge in [-0.25, -0.2) is 4.79 Å². The summed E-state index contributed by atoms with van der Waals surface area (Å²) in [6.45, 7) is 5.02. The Morgan fingerprint density at radius 3 is 2.89 bits per heavy atom. The number of nitrogens with zero attached hydrogens (tertiary/aromatic N) is 1. The van der Waals surface area contributed by atoms with E-state index in [4.69, 9.17) is 0 Å². The van der Waals surface area contributed by atoms with Crippen LogP contribution >= 0.6 is 0 Å². The summed E-state index contributed by atoms with van der Waals surface area (Å²) in [6.07, 6.45) is 0.652. The molecular weight excluding hydrogens is 244 g/mol. The predicted octanol–water partition coefficient (Wildman–Crippen LogP) is 1.41. The lowest BCUT2D eigenvalue weighted by molar-refractivity contribution is -0.123. The van der Waals surface area contributed by atoms with Crippen LogP contribution in [0.25, 0.3) is 0 Å². The molecule has 1 aliphatic heterocycles. The molecule has 1 saturated heterocycles. The molecule has 0 bridgehead atoms. The Morgan fingerprint density at radius 1 is 1.53 bits per heavy atom. The predicted molar refractivity (Wildman–Crippen MR) is 72.6 cm³/mol. The van der Waals surface area contributed by atoms with Gasteiger partial charge in [0, 0.05) is 13.1 Å². The summed E-state index contributed by atoms with van der Waals surface area (Å²) in [6, 6.07) is 4.92. The van der Waals surface area contributed by atoms with E-state index in [0.29, 0.717) is 25.2 Å². The second-order valence-electron chi connectivity index (χ2n) is 4.73. The molecule has 1 unspecified atom stereocenters. The molecule has 5 nitrogen and oxygen atoms in total. The van der Waals surface area contributed by atoms with E-state index >= 15 is 0 Å². The van der Waals surface area contributed by atoms with Gasteiger partial charge in [-0.2, -0.15) is 0 Å². The fraction of sp³-hybridized carbons (Fsp3) is 0.429. The standard InChI is InChI=1S/C14H18N2O3/c1-3-11-13(17)15-6-7-16(11)12-8-9(2)4-5-10(12)14(18)19/h4-5,8,11H,3,6-7H2,1-2H3,(H,15,17)(H,18,19). The van der Waals surface area contributed by atoms with Crippen LogP contribution in [0.1, 0.15) is 29.3 Å². The van der Waals surface area contributed by atoms with Crippen molar-refractivity contribution in [1.29, 1.82) is 0 Å². The number of benzene rings is 1. The third-order valence-electron chi connectivity index (χ3n) is 3.41. The van der Waals surface area contributed by atoms with Crippen LogP contribution in [-0.2, 0) is 4.79 Å². The first-order chi connectivity index (χ1) is 9.04. The first-order valence-electron chi connectivity index (χ1n) is 6.43. The molecule has 0 spiro atoms. The highest BCUT2D eigenvalue weighted by Gasteiger charge is 2.30. The van der Waals surface area contributed by atoms with E-state index in [1.807, 2.05) is 24.8 Å². The Hall–Kier alpha value is -2.04. The minimum Gasteiger partial charge on any atom is -0.478 e. The summed E-state index contributed by atoms with van der Waals surface area (Å²) in [5.41, 5.74) is 1.87. The summed E-state index contributed by atoms with van der Waals surface area (Å²) >= 11 is 0. The molecule has 1 atom stereocenters. The SMILES string of the molecule is CCC1C(=O)NCCN1c1cc(C)ccc1C(=O)O. The van der Waals surface area contributed by atoms with Gasteiger partial charge < -0.3 is 15.3 Å². The van der Waals surface area contributed by atoms with Crippen molar-refractivity contribution >= 4 is 17.6 Å². The van der Waals surface area contributed by atoms with Crippen molar-refractivity contribution in [3.63, 3.8) is 0 Å². The van der Waals surface area contributed by atoms with Gasteiger partial charge in [-0.15, -0.1) is 0 Å². The van der Waals surface area contributed by atoms with Crippen molar-refractivity contribution < 1.29 is 14.7 Å². The highest BCUT2D eigenvalue weighted by Crippen LogP contribution is 2.26. The number of aromatic carboxylic acids is 1. The number of carbonyl (C=O) groups excluding carboxylic acids is 1. The molecule has 0 saturated carbocycles. The van der Waals surface area contributed by atoms with Crippen LogP contribution in [0, 0.1) is 6.92 Å². The number of anilines is 1. The Morgan fingerprint density at radius 2 is 2.26 bits per heavy atom. The average molecular weight is 262 g/mol. The van der Waals surface area contributed by atoms with Crippen molar-refractivity contribution in [2.75, 3.05) is 18.0 Å². The van der Waals surface area contributed by atoms with Crippen LogP contribution in [0.15, 0.2) is 18.2 Å². The van der Waals surface area contributed by atoms with E-state index in [1.54, 1.807) is 12.1 Å². The number of carboxylic acid groups (broad SMARTS) is 1. The summed E-state index contributed by atoms with van der Waals surface area (Å²) in [4.78, 5) is 25.1. The molecule has 1 heterocycles. The first-order valence-corrected chi connectivity index (χ1v) is 6.43. The zero-order valence-corrected chi connectivity index (χ0v) is 11.1. The lowest BCUT2D eigenvalue weighted by Gasteiger charge is -2.37. The van der Waals surface area contributed by atoms with Crippen molar-refractivity contribution in [2.24, 2.45) is 0 Å². The van der Waals surface area contributed by atoms with Crippen LogP contribution in [0.4, 0.5) is 5.69 Å². The Kier molecular flexibility index (Phi) is 3.74. The molecule has 102 valence electrons. The van der Waals surface area contributed by atoms with Crippen LogP contribution in [-0.4, -0.2) is 36.1 Å². The molecule has 1 aromatic rings. The van der Waals surface area contributed by atoms with Crippen molar-refractivity contribution in [2.45, 2.75) is 26.3 Å². The van der Waals surface area contributed by atoms with Gasteiger partial charge in [0.2, 0.25) is 5.91 Å². The smallest absolute Gasteiger partial charge is 0.337 e. The van der Waals surface area contributed by atoms with E-state index in [1.165, 1.54) is 0 Å². The maximum Gasteiger partial charge on any atom is 0.337 e. The third-order valence-corrected chi connectivity index (χ3v) is 3.41. The third kappa shape index (κ3) is 2.54. The van der Waals surface area contributed by atoms with E-state index in [9.17, 15) is 14.7 Å². The maximum atomic E-state index is 11.9. The van der Waals surface area contributed by atoms with Gasteiger partial charge in [0.05, 0.1) is 11.3 Å². The second kappa shape index (κ2) is 5.30. The normalized spacial score (nSPS) is 19.2. The van der Waals surface area contributed by atoms with Crippen LogP contribution < -0.4 is 10.2 Å². The molecule has 2 N–H and O–H groups in total. The van der Waals surface area contributed by atoms with E-state index in [2.05, 4.69) is 5.32 Å². The molecule has 5 heteroatoms.